The van der Waals surface area contributed by atoms with Crippen LogP contribution in [0.3, 0.4) is 0 Å². The molecule has 26 heavy (non-hydrogen) atoms. The molecule has 1 unspecified atom stereocenters. The van der Waals surface area contributed by atoms with E-state index in [9.17, 15) is 9.90 Å². The quantitative estimate of drug-likeness (QED) is 0.866. The number of aromatic nitrogens is 1. The van der Waals surface area contributed by atoms with Crippen molar-refractivity contribution in [1.82, 2.24) is 14.8 Å². The Bertz CT molecular complexity index is 678. The molecule has 2 heterocycles. The molecule has 1 fully saturated rings. The van der Waals surface area contributed by atoms with Crippen LogP contribution in [0.25, 0.3) is 0 Å². The van der Waals surface area contributed by atoms with Crippen LogP contribution in [-0.4, -0.2) is 58.5 Å². The minimum Gasteiger partial charge on any atom is -0.387 e. The summed E-state index contributed by atoms with van der Waals surface area (Å²) in [5.74, 6) is 0.208. The lowest BCUT2D eigenvalue weighted by Crippen LogP contribution is -2.36. The smallest absolute Gasteiger partial charge is 0.222 e. The molecule has 0 aliphatic carbocycles. The third-order valence-electron chi connectivity index (χ3n) is 4.91. The van der Waals surface area contributed by atoms with Gasteiger partial charge in [0.2, 0.25) is 5.91 Å². The van der Waals surface area contributed by atoms with Gasteiger partial charge in [-0.1, -0.05) is 36.4 Å². The highest BCUT2D eigenvalue weighted by atomic mass is 16.3. The Labute approximate surface area is 155 Å². The molecule has 1 aliphatic heterocycles. The number of nitrogens with zero attached hydrogens (tertiary/aromatic N) is 3. The van der Waals surface area contributed by atoms with Gasteiger partial charge in [-0.25, -0.2) is 0 Å². The Morgan fingerprint density at radius 1 is 1.08 bits per heavy atom. The predicted octanol–water partition coefficient (Wildman–Crippen LogP) is 2.28. The number of benzene rings is 1. The summed E-state index contributed by atoms with van der Waals surface area (Å²) in [7, 11) is 0. The number of rotatable bonds is 6. The molecule has 5 nitrogen and oxygen atoms in total. The molecule has 2 aromatic rings. The van der Waals surface area contributed by atoms with Gasteiger partial charge in [0.05, 0.1) is 6.10 Å². The molecule has 0 bridgehead atoms. The first-order valence-corrected chi connectivity index (χ1v) is 9.34. The largest absolute Gasteiger partial charge is 0.387 e. The van der Waals surface area contributed by atoms with Crippen molar-refractivity contribution in [3.05, 3.63) is 66.0 Å². The Kier molecular flexibility index (Phi) is 6.75. The van der Waals surface area contributed by atoms with Crippen molar-refractivity contribution in [2.24, 2.45) is 0 Å². The van der Waals surface area contributed by atoms with Crippen LogP contribution in [0.2, 0.25) is 0 Å². The molecule has 0 saturated carbocycles. The Balaban J connectivity index is 1.46. The van der Waals surface area contributed by atoms with Crippen molar-refractivity contribution < 1.29 is 9.90 Å². The van der Waals surface area contributed by atoms with Crippen LogP contribution < -0.4 is 0 Å². The maximum atomic E-state index is 12.5. The number of carbonyl (C=O) groups excluding carboxylic acids is 1. The van der Waals surface area contributed by atoms with Crippen LogP contribution in [0.1, 0.15) is 30.1 Å². The number of hydrogen-bond donors (Lipinski definition) is 1. The van der Waals surface area contributed by atoms with Gasteiger partial charge in [-0.2, -0.15) is 0 Å². The summed E-state index contributed by atoms with van der Waals surface area (Å²) in [6, 6.07) is 13.7. The Morgan fingerprint density at radius 2 is 1.92 bits per heavy atom. The summed E-state index contributed by atoms with van der Waals surface area (Å²) in [5, 5.41) is 10.4. The number of β-amino-alcohol motifs (C(OH)–C–C–N with tert-alkyl or cyclic N) is 1. The van der Waals surface area contributed by atoms with Gasteiger partial charge in [-0.15, -0.1) is 0 Å². The average Bonchev–Trinajstić information content (AvgIpc) is 2.93. The standard InChI is InChI=1S/C21H27N3O2/c25-20(19-7-2-1-3-8-19)17-23-12-5-13-24(15-14-23)21(26)10-9-18-6-4-11-22-16-18/h1-4,6-8,11,16,20,25H,5,9-10,12-15,17H2. The van der Waals surface area contributed by atoms with E-state index in [1.165, 1.54) is 0 Å². The summed E-state index contributed by atoms with van der Waals surface area (Å²) < 4.78 is 0. The zero-order valence-electron chi connectivity index (χ0n) is 15.1. The van der Waals surface area contributed by atoms with Gasteiger partial charge >= 0.3 is 0 Å². The van der Waals surface area contributed by atoms with Crippen molar-refractivity contribution in [2.45, 2.75) is 25.4 Å². The normalized spacial score (nSPS) is 16.9. The van der Waals surface area contributed by atoms with E-state index >= 15 is 0 Å². The van der Waals surface area contributed by atoms with Gasteiger partial charge in [-0.05, 0) is 30.0 Å². The second kappa shape index (κ2) is 9.46. The van der Waals surface area contributed by atoms with Gasteiger partial charge in [0.1, 0.15) is 0 Å². The van der Waals surface area contributed by atoms with E-state index in [0.29, 0.717) is 13.0 Å². The maximum absolute atomic E-state index is 12.5. The molecule has 0 radical (unpaired) electrons. The van der Waals surface area contributed by atoms with Crippen LogP contribution in [0.15, 0.2) is 54.9 Å². The van der Waals surface area contributed by atoms with E-state index in [1.54, 1.807) is 6.20 Å². The first kappa shape index (κ1) is 18.5. The molecule has 0 spiro atoms. The van der Waals surface area contributed by atoms with Crippen molar-refractivity contribution in [3.8, 4) is 0 Å². The fourth-order valence-electron chi connectivity index (χ4n) is 3.38. The van der Waals surface area contributed by atoms with Gasteiger partial charge in [-0.3, -0.25) is 14.7 Å². The topological polar surface area (TPSA) is 56.7 Å². The third kappa shape index (κ3) is 5.38. The molecule has 3 rings (SSSR count). The number of amides is 1. The van der Waals surface area contributed by atoms with Crippen molar-refractivity contribution in [1.29, 1.82) is 0 Å². The lowest BCUT2D eigenvalue weighted by molar-refractivity contribution is -0.131. The summed E-state index contributed by atoms with van der Waals surface area (Å²) in [4.78, 5) is 20.8. The molecule has 1 atom stereocenters. The van der Waals surface area contributed by atoms with E-state index in [1.807, 2.05) is 53.6 Å². The van der Waals surface area contributed by atoms with Gasteiger partial charge in [0, 0.05) is 51.5 Å². The highest BCUT2D eigenvalue weighted by Crippen LogP contribution is 2.15. The van der Waals surface area contributed by atoms with Crippen molar-refractivity contribution >= 4 is 5.91 Å². The maximum Gasteiger partial charge on any atom is 0.222 e. The SMILES string of the molecule is O=C(CCc1cccnc1)N1CCCN(CC(O)c2ccccc2)CC1. The molecule has 1 N–H and O–H groups in total. The fourth-order valence-corrected chi connectivity index (χ4v) is 3.38. The predicted molar refractivity (Wildman–Crippen MR) is 102 cm³/mol. The van der Waals surface area contributed by atoms with Crippen molar-refractivity contribution in [2.75, 3.05) is 32.7 Å². The van der Waals surface area contributed by atoms with E-state index in [4.69, 9.17) is 0 Å². The number of pyridine rings is 1. The first-order valence-electron chi connectivity index (χ1n) is 9.34. The fraction of sp³-hybridized carbons (Fsp3) is 0.429. The second-order valence-electron chi connectivity index (χ2n) is 6.82. The summed E-state index contributed by atoms with van der Waals surface area (Å²) in [6.45, 7) is 3.86. The monoisotopic (exact) mass is 353 g/mol. The molecular formula is C21H27N3O2. The first-order chi connectivity index (χ1) is 12.7. The summed E-state index contributed by atoms with van der Waals surface area (Å²) in [5.41, 5.74) is 2.05. The summed E-state index contributed by atoms with van der Waals surface area (Å²) >= 11 is 0. The van der Waals surface area contributed by atoms with E-state index in [0.717, 1.165) is 50.1 Å². The van der Waals surface area contributed by atoms with E-state index in [2.05, 4.69) is 9.88 Å². The molecule has 1 aromatic heterocycles. The van der Waals surface area contributed by atoms with Crippen LogP contribution in [0.4, 0.5) is 0 Å². The van der Waals surface area contributed by atoms with Gasteiger partial charge in [0.25, 0.3) is 0 Å². The molecule has 138 valence electrons. The molecular weight excluding hydrogens is 326 g/mol. The molecule has 5 heteroatoms. The molecule has 1 amide bonds. The molecule has 1 aromatic carbocycles. The van der Waals surface area contributed by atoms with Crippen LogP contribution in [-0.2, 0) is 11.2 Å². The number of aliphatic hydroxyl groups excluding tert-OH is 1. The van der Waals surface area contributed by atoms with E-state index < -0.39 is 6.10 Å². The van der Waals surface area contributed by atoms with Crippen LogP contribution >= 0.6 is 0 Å². The molecule has 1 saturated heterocycles. The van der Waals surface area contributed by atoms with Gasteiger partial charge < -0.3 is 10.0 Å². The summed E-state index contributed by atoms with van der Waals surface area (Å²) in [6.07, 6.45) is 5.29. The lowest BCUT2D eigenvalue weighted by atomic mass is 10.1. The van der Waals surface area contributed by atoms with E-state index in [-0.39, 0.29) is 5.91 Å². The number of carbonyl (C=O) groups is 1. The van der Waals surface area contributed by atoms with Crippen LogP contribution in [0.5, 0.6) is 0 Å². The number of hydrogen-bond acceptors (Lipinski definition) is 4. The zero-order valence-corrected chi connectivity index (χ0v) is 15.1. The van der Waals surface area contributed by atoms with Crippen molar-refractivity contribution in [3.63, 3.8) is 0 Å². The Morgan fingerprint density at radius 3 is 2.69 bits per heavy atom. The van der Waals surface area contributed by atoms with Crippen LogP contribution in [0, 0.1) is 0 Å². The third-order valence-corrected chi connectivity index (χ3v) is 4.91. The highest BCUT2D eigenvalue weighted by Gasteiger charge is 2.21. The molecule has 1 aliphatic rings. The second-order valence-corrected chi connectivity index (χ2v) is 6.82. The lowest BCUT2D eigenvalue weighted by Gasteiger charge is -2.24. The number of aliphatic hydroxyl groups is 1. The minimum atomic E-state index is -0.482. The minimum absolute atomic E-state index is 0.208. The highest BCUT2D eigenvalue weighted by molar-refractivity contribution is 5.76. The van der Waals surface area contributed by atoms with Gasteiger partial charge in [0.15, 0.2) is 0 Å². The Hall–Kier alpha value is -2.24. The zero-order chi connectivity index (χ0) is 18.2. The number of aryl methyl sites for hydroxylation is 1. The average molecular weight is 353 g/mol.